The van der Waals surface area contributed by atoms with Crippen molar-refractivity contribution >= 4 is 11.5 Å². The average molecular weight is 406 g/mol. The molecule has 0 aliphatic carbocycles. The second kappa shape index (κ2) is 6.19. The Morgan fingerprint density at radius 2 is 2.03 bits per heavy atom. The van der Waals surface area contributed by atoms with Gasteiger partial charge in [0.2, 0.25) is 0 Å². The van der Waals surface area contributed by atoms with Crippen molar-refractivity contribution < 1.29 is 13.9 Å². The van der Waals surface area contributed by atoms with Crippen molar-refractivity contribution in [2.45, 2.75) is 19.4 Å². The number of pyridine rings is 1. The van der Waals surface area contributed by atoms with E-state index in [0.29, 0.717) is 42.5 Å². The number of imidazole rings is 1. The molecule has 152 valence electrons. The summed E-state index contributed by atoms with van der Waals surface area (Å²) < 4.78 is 30.5. The molecule has 0 saturated carbocycles. The molecule has 8 nitrogen and oxygen atoms in total. The fourth-order valence-corrected chi connectivity index (χ4v) is 4.42. The van der Waals surface area contributed by atoms with Crippen molar-refractivity contribution in [2.24, 2.45) is 7.05 Å². The number of benzene rings is 1. The molecule has 0 bridgehead atoms. The van der Waals surface area contributed by atoms with Crippen LogP contribution in [-0.2, 0) is 13.6 Å². The molecule has 5 heterocycles. The number of anilines is 1. The number of rotatable bonds is 1. The summed E-state index contributed by atoms with van der Waals surface area (Å²) in [5, 5.41) is 11.7. The number of aromatic nitrogens is 5. The third-order valence-electron chi connectivity index (χ3n) is 5.76. The molecule has 0 fully saturated rings. The van der Waals surface area contributed by atoms with E-state index < -0.39 is 0 Å². The lowest BCUT2D eigenvalue weighted by molar-refractivity contribution is 0.249. The molecule has 6 rings (SSSR count). The van der Waals surface area contributed by atoms with Crippen LogP contribution in [0.25, 0.3) is 17.0 Å². The number of nitrogens with zero attached hydrogens (tertiary/aromatic N) is 5. The molecular formula is C21H19FN6O2. The van der Waals surface area contributed by atoms with Crippen molar-refractivity contribution in [2.75, 3.05) is 18.5 Å². The Kier molecular flexibility index (Phi) is 3.56. The van der Waals surface area contributed by atoms with Crippen LogP contribution in [0, 0.1) is 12.7 Å². The fourth-order valence-electron chi connectivity index (χ4n) is 4.42. The minimum absolute atomic E-state index is 0.0334. The number of hydrogen-bond acceptors (Lipinski definition) is 6. The quantitative estimate of drug-likeness (QED) is 0.524. The maximum Gasteiger partial charge on any atom is 0.173 e. The molecule has 30 heavy (non-hydrogen) atoms. The molecule has 0 spiro atoms. The molecular weight excluding hydrogens is 387 g/mol. The average Bonchev–Trinajstić information content (AvgIpc) is 3.44. The first-order chi connectivity index (χ1) is 14.6. The van der Waals surface area contributed by atoms with E-state index in [0.717, 1.165) is 28.4 Å². The van der Waals surface area contributed by atoms with E-state index in [1.165, 1.54) is 6.07 Å². The standard InChI is InChI=1S/C21H19FN6O2/c1-11-7-27(2)19(25-11)13-5-17-21(28-10-24-26-20(13)28)23-6-14-15(22)3-4-16-18(14)12(8-29-16)9-30-17/h3-5,7,10,12,23H,6,8-9H2,1-2H3/t12-/m0/s1. The molecule has 2 aliphatic rings. The minimum atomic E-state index is -0.250. The highest BCUT2D eigenvalue weighted by atomic mass is 19.1. The predicted molar refractivity (Wildman–Crippen MR) is 107 cm³/mol. The van der Waals surface area contributed by atoms with Crippen LogP contribution >= 0.6 is 0 Å². The smallest absolute Gasteiger partial charge is 0.173 e. The first kappa shape index (κ1) is 17.3. The predicted octanol–water partition coefficient (Wildman–Crippen LogP) is 3.06. The number of ether oxygens (including phenoxy) is 2. The number of hydrogen-bond donors (Lipinski definition) is 1. The van der Waals surface area contributed by atoms with Gasteiger partial charge in [-0.05, 0) is 25.1 Å². The molecule has 1 aromatic carbocycles. The summed E-state index contributed by atoms with van der Waals surface area (Å²) in [6.45, 7) is 3.11. The van der Waals surface area contributed by atoms with Gasteiger partial charge in [0, 0.05) is 30.9 Å². The van der Waals surface area contributed by atoms with Crippen molar-refractivity contribution in [1.82, 2.24) is 24.1 Å². The van der Waals surface area contributed by atoms with Crippen molar-refractivity contribution in [3.63, 3.8) is 0 Å². The largest absolute Gasteiger partial charge is 0.493 e. The summed E-state index contributed by atoms with van der Waals surface area (Å²) in [5.41, 5.74) is 3.87. The van der Waals surface area contributed by atoms with E-state index in [-0.39, 0.29) is 11.7 Å². The number of halogens is 1. The van der Waals surface area contributed by atoms with Crippen LogP contribution in [0.2, 0.25) is 0 Å². The molecule has 0 amide bonds. The van der Waals surface area contributed by atoms with Gasteiger partial charge >= 0.3 is 0 Å². The SMILES string of the molecule is Cc1cn(C)c(-c2cc3c(n4cnnc24)NCc2c(F)ccc4c2[C@@H](CO4)CO3)n1. The van der Waals surface area contributed by atoms with Crippen LogP contribution in [0.3, 0.4) is 0 Å². The Morgan fingerprint density at radius 3 is 2.83 bits per heavy atom. The van der Waals surface area contributed by atoms with Gasteiger partial charge in [0.05, 0.1) is 30.4 Å². The molecule has 9 heteroatoms. The van der Waals surface area contributed by atoms with Gasteiger partial charge in [0.15, 0.2) is 17.2 Å². The van der Waals surface area contributed by atoms with Crippen molar-refractivity contribution in [3.8, 4) is 22.9 Å². The van der Waals surface area contributed by atoms with E-state index in [2.05, 4.69) is 20.5 Å². The molecule has 0 saturated heterocycles. The summed E-state index contributed by atoms with van der Waals surface area (Å²) >= 11 is 0. The van der Waals surface area contributed by atoms with Gasteiger partial charge in [-0.25, -0.2) is 9.37 Å². The molecule has 4 aromatic rings. The van der Waals surface area contributed by atoms with E-state index in [1.54, 1.807) is 12.4 Å². The number of fused-ring (bicyclic) bond motifs is 3. The van der Waals surface area contributed by atoms with E-state index >= 15 is 0 Å². The summed E-state index contributed by atoms with van der Waals surface area (Å²) in [5.74, 6) is 2.54. The highest BCUT2D eigenvalue weighted by Gasteiger charge is 2.31. The van der Waals surface area contributed by atoms with E-state index in [9.17, 15) is 4.39 Å². The molecule has 1 N–H and O–H groups in total. The Balaban J connectivity index is 1.53. The second-order valence-corrected chi connectivity index (χ2v) is 7.72. The lowest BCUT2D eigenvalue weighted by atomic mass is 9.96. The Bertz CT molecular complexity index is 1310. The van der Waals surface area contributed by atoms with Gasteiger partial charge < -0.3 is 19.4 Å². The highest BCUT2D eigenvalue weighted by Crippen LogP contribution is 2.41. The van der Waals surface area contributed by atoms with Crippen molar-refractivity contribution in [3.05, 3.63) is 53.4 Å². The van der Waals surface area contributed by atoms with Crippen LogP contribution < -0.4 is 14.8 Å². The van der Waals surface area contributed by atoms with E-state index in [1.807, 2.05) is 35.2 Å². The molecule has 0 radical (unpaired) electrons. The third kappa shape index (κ3) is 2.41. The molecule has 0 unspecified atom stereocenters. The second-order valence-electron chi connectivity index (χ2n) is 7.72. The van der Waals surface area contributed by atoms with Gasteiger partial charge in [0.25, 0.3) is 0 Å². The van der Waals surface area contributed by atoms with E-state index in [4.69, 9.17) is 9.47 Å². The van der Waals surface area contributed by atoms with Gasteiger partial charge in [-0.1, -0.05) is 0 Å². The summed E-state index contributed by atoms with van der Waals surface area (Å²) in [6, 6.07) is 5.08. The lowest BCUT2D eigenvalue weighted by Crippen LogP contribution is -2.13. The molecule has 1 atom stereocenters. The zero-order chi connectivity index (χ0) is 20.4. The first-order valence-corrected chi connectivity index (χ1v) is 9.78. The summed E-state index contributed by atoms with van der Waals surface area (Å²) in [4.78, 5) is 4.64. The van der Waals surface area contributed by atoms with Gasteiger partial charge in [0.1, 0.15) is 23.7 Å². The number of aryl methyl sites for hydroxylation is 2. The van der Waals surface area contributed by atoms with Gasteiger partial charge in [-0.3, -0.25) is 4.40 Å². The van der Waals surface area contributed by atoms with Gasteiger partial charge in [-0.2, -0.15) is 0 Å². The maximum absolute atomic E-state index is 14.7. The van der Waals surface area contributed by atoms with Crippen LogP contribution in [0.5, 0.6) is 11.5 Å². The van der Waals surface area contributed by atoms with Crippen LogP contribution in [0.1, 0.15) is 22.7 Å². The Hall–Kier alpha value is -3.62. The van der Waals surface area contributed by atoms with Crippen LogP contribution in [0.4, 0.5) is 10.2 Å². The lowest BCUT2D eigenvalue weighted by Gasteiger charge is -2.16. The van der Waals surface area contributed by atoms with Crippen LogP contribution in [0.15, 0.2) is 30.7 Å². The normalized spacial score (nSPS) is 17.2. The Morgan fingerprint density at radius 1 is 1.20 bits per heavy atom. The Labute approximate surface area is 171 Å². The monoisotopic (exact) mass is 406 g/mol. The van der Waals surface area contributed by atoms with Gasteiger partial charge in [-0.15, -0.1) is 10.2 Å². The summed E-state index contributed by atoms with van der Waals surface area (Å²) in [6.07, 6.45) is 3.59. The molecule has 2 aliphatic heterocycles. The van der Waals surface area contributed by atoms with Crippen LogP contribution in [-0.4, -0.2) is 37.4 Å². The fraction of sp³-hybridized carbons (Fsp3) is 0.286. The number of nitrogens with one attached hydrogen (secondary N) is 1. The zero-order valence-corrected chi connectivity index (χ0v) is 16.5. The minimum Gasteiger partial charge on any atom is -0.493 e. The topological polar surface area (TPSA) is 78.5 Å². The molecule has 3 aromatic heterocycles. The summed E-state index contributed by atoms with van der Waals surface area (Å²) in [7, 11) is 1.94. The first-order valence-electron chi connectivity index (χ1n) is 9.78. The zero-order valence-electron chi connectivity index (χ0n) is 16.5. The third-order valence-corrected chi connectivity index (χ3v) is 5.76. The van der Waals surface area contributed by atoms with Crippen molar-refractivity contribution in [1.29, 1.82) is 0 Å². The highest BCUT2D eigenvalue weighted by molar-refractivity contribution is 5.79. The maximum atomic E-state index is 14.7.